The summed E-state index contributed by atoms with van der Waals surface area (Å²) in [7, 11) is 2.23. The molecule has 0 aliphatic carbocycles. The first-order valence-electron chi connectivity index (χ1n) is 8.64. The van der Waals surface area contributed by atoms with E-state index in [1.165, 1.54) is 36.1 Å². The molecule has 3 nitrogen and oxygen atoms in total. The third kappa shape index (κ3) is 2.82. The number of hydrogen-bond donors (Lipinski definition) is 1. The molecule has 2 aliphatic heterocycles. The third-order valence-electron chi connectivity index (χ3n) is 6.21. The molecule has 3 rings (SSSR count). The number of hydrogen-bond acceptors (Lipinski definition) is 3. The van der Waals surface area contributed by atoms with Crippen molar-refractivity contribution >= 4 is 0 Å². The van der Waals surface area contributed by atoms with E-state index in [4.69, 9.17) is 0 Å². The molecule has 0 saturated carbocycles. The number of aliphatic hydroxyl groups is 1. The van der Waals surface area contributed by atoms with E-state index in [1.807, 2.05) is 0 Å². The number of aliphatic hydroxyl groups excluding tert-OH is 1. The van der Waals surface area contributed by atoms with E-state index in [1.54, 1.807) is 0 Å². The van der Waals surface area contributed by atoms with Crippen molar-refractivity contribution in [3.05, 3.63) is 34.9 Å². The Morgan fingerprint density at radius 1 is 1.23 bits per heavy atom. The SMILES string of the molecule is Cc1cccc(CN2CC[C@@]3(CO)CCCN(C)[C@@H]3C2)c1C. The second-order valence-corrected chi connectivity index (χ2v) is 7.46. The van der Waals surface area contributed by atoms with E-state index in [-0.39, 0.29) is 5.41 Å². The molecule has 1 aromatic rings. The molecule has 2 heterocycles. The van der Waals surface area contributed by atoms with E-state index in [0.29, 0.717) is 12.6 Å². The Morgan fingerprint density at radius 3 is 2.82 bits per heavy atom. The lowest BCUT2D eigenvalue weighted by molar-refractivity contribution is -0.0684. The first kappa shape index (κ1) is 16.0. The fourth-order valence-corrected chi connectivity index (χ4v) is 4.44. The molecule has 0 unspecified atom stereocenters. The number of fused-ring (bicyclic) bond motifs is 1. The smallest absolute Gasteiger partial charge is 0.0503 e. The fourth-order valence-electron chi connectivity index (χ4n) is 4.44. The van der Waals surface area contributed by atoms with Gasteiger partial charge in [0.25, 0.3) is 0 Å². The van der Waals surface area contributed by atoms with Crippen LogP contribution in [0.5, 0.6) is 0 Å². The molecule has 1 aromatic carbocycles. The summed E-state index contributed by atoms with van der Waals surface area (Å²) in [5.74, 6) is 0. The quantitative estimate of drug-likeness (QED) is 0.930. The van der Waals surface area contributed by atoms with E-state index in [9.17, 15) is 5.11 Å². The van der Waals surface area contributed by atoms with Crippen LogP contribution in [0.25, 0.3) is 0 Å². The molecule has 22 heavy (non-hydrogen) atoms. The molecule has 3 heteroatoms. The van der Waals surface area contributed by atoms with Crippen LogP contribution in [-0.2, 0) is 6.54 Å². The number of nitrogens with zero attached hydrogens (tertiary/aromatic N) is 2. The average molecular weight is 302 g/mol. The van der Waals surface area contributed by atoms with Gasteiger partial charge in [-0.2, -0.15) is 0 Å². The summed E-state index contributed by atoms with van der Waals surface area (Å²) in [6.07, 6.45) is 3.55. The van der Waals surface area contributed by atoms with Crippen LogP contribution in [0, 0.1) is 19.3 Å². The van der Waals surface area contributed by atoms with Crippen molar-refractivity contribution in [2.24, 2.45) is 5.41 Å². The van der Waals surface area contributed by atoms with Gasteiger partial charge in [0, 0.05) is 24.5 Å². The molecule has 2 atom stereocenters. The van der Waals surface area contributed by atoms with Gasteiger partial charge in [-0.25, -0.2) is 0 Å². The standard InChI is InChI=1S/C19H30N2O/c1-15-6-4-7-17(16(15)2)12-21-11-9-19(14-22)8-5-10-20(3)18(19)13-21/h4,6-7,18,22H,5,8-14H2,1-3H3/t18-,19-/m1/s1. The maximum absolute atomic E-state index is 10.0. The summed E-state index contributed by atoms with van der Waals surface area (Å²) in [5, 5.41) is 10.0. The lowest BCUT2D eigenvalue weighted by atomic mass is 9.69. The van der Waals surface area contributed by atoms with Gasteiger partial charge >= 0.3 is 0 Å². The monoisotopic (exact) mass is 302 g/mol. The van der Waals surface area contributed by atoms with E-state index in [2.05, 4.69) is 48.9 Å². The van der Waals surface area contributed by atoms with Gasteiger partial charge in [-0.3, -0.25) is 4.90 Å². The minimum absolute atomic E-state index is 0.144. The van der Waals surface area contributed by atoms with Gasteiger partial charge in [-0.05, 0) is 69.9 Å². The highest BCUT2D eigenvalue weighted by molar-refractivity contribution is 5.33. The van der Waals surface area contributed by atoms with Crippen molar-refractivity contribution in [3.63, 3.8) is 0 Å². The van der Waals surface area contributed by atoms with Crippen LogP contribution >= 0.6 is 0 Å². The minimum Gasteiger partial charge on any atom is -0.396 e. The molecule has 0 amide bonds. The van der Waals surface area contributed by atoms with Crippen LogP contribution in [0.1, 0.15) is 36.0 Å². The van der Waals surface area contributed by atoms with Gasteiger partial charge in [0.15, 0.2) is 0 Å². The van der Waals surface area contributed by atoms with E-state index in [0.717, 1.165) is 26.1 Å². The number of rotatable bonds is 3. The molecule has 0 radical (unpaired) electrons. The topological polar surface area (TPSA) is 26.7 Å². The van der Waals surface area contributed by atoms with Crippen molar-refractivity contribution in [2.75, 3.05) is 33.3 Å². The second-order valence-electron chi connectivity index (χ2n) is 7.46. The highest BCUT2D eigenvalue weighted by Gasteiger charge is 2.46. The lowest BCUT2D eigenvalue weighted by Gasteiger charge is -2.53. The molecule has 1 N–H and O–H groups in total. The summed E-state index contributed by atoms with van der Waals surface area (Å²) in [4.78, 5) is 5.07. The van der Waals surface area contributed by atoms with Crippen molar-refractivity contribution in [1.82, 2.24) is 9.80 Å². The van der Waals surface area contributed by atoms with Crippen molar-refractivity contribution in [2.45, 2.75) is 45.7 Å². The van der Waals surface area contributed by atoms with Gasteiger partial charge in [-0.15, -0.1) is 0 Å². The van der Waals surface area contributed by atoms with Gasteiger partial charge in [0.05, 0.1) is 6.61 Å². The largest absolute Gasteiger partial charge is 0.396 e. The van der Waals surface area contributed by atoms with Gasteiger partial charge in [0.2, 0.25) is 0 Å². The Kier molecular flexibility index (Phi) is 4.58. The number of aryl methyl sites for hydroxylation is 1. The summed E-state index contributed by atoms with van der Waals surface area (Å²) >= 11 is 0. The molecule has 2 aliphatic rings. The van der Waals surface area contributed by atoms with Crippen molar-refractivity contribution in [1.29, 1.82) is 0 Å². The lowest BCUT2D eigenvalue weighted by Crippen LogP contribution is -2.61. The van der Waals surface area contributed by atoms with Crippen molar-refractivity contribution < 1.29 is 5.11 Å². The number of likely N-dealkylation sites (N-methyl/N-ethyl adjacent to an activating group) is 1. The summed E-state index contributed by atoms with van der Waals surface area (Å²) in [6, 6.07) is 7.14. The summed E-state index contributed by atoms with van der Waals surface area (Å²) in [5.41, 5.74) is 4.41. The molecule has 2 fully saturated rings. The fraction of sp³-hybridized carbons (Fsp3) is 0.684. The third-order valence-corrected chi connectivity index (χ3v) is 6.21. The van der Waals surface area contributed by atoms with Gasteiger partial charge in [0.1, 0.15) is 0 Å². The number of piperidine rings is 2. The van der Waals surface area contributed by atoms with E-state index >= 15 is 0 Å². The Hall–Kier alpha value is -0.900. The van der Waals surface area contributed by atoms with Gasteiger partial charge < -0.3 is 10.0 Å². The first-order chi connectivity index (χ1) is 10.6. The molecule has 0 bridgehead atoms. The predicted molar refractivity (Wildman–Crippen MR) is 91.0 cm³/mol. The zero-order chi connectivity index (χ0) is 15.7. The maximum Gasteiger partial charge on any atom is 0.0503 e. The molecule has 122 valence electrons. The summed E-state index contributed by atoms with van der Waals surface area (Å²) < 4.78 is 0. The Morgan fingerprint density at radius 2 is 2.05 bits per heavy atom. The van der Waals surface area contributed by atoms with Crippen LogP contribution in [0.15, 0.2) is 18.2 Å². The highest BCUT2D eigenvalue weighted by Crippen LogP contribution is 2.41. The normalized spacial score (nSPS) is 30.3. The van der Waals surface area contributed by atoms with Gasteiger partial charge in [-0.1, -0.05) is 18.2 Å². The first-order valence-corrected chi connectivity index (χ1v) is 8.64. The van der Waals surface area contributed by atoms with Crippen LogP contribution < -0.4 is 0 Å². The van der Waals surface area contributed by atoms with Crippen LogP contribution in [-0.4, -0.2) is 54.2 Å². The number of likely N-dealkylation sites (tertiary alicyclic amines) is 2. The molecular formula is C19H30N2O. The van der Waals surface area contributed by atoms with Crippen molar-refractivity contribution in [3.8, 4) is 0 Å². The van der Waals surface area contributed by atoms with Crippen LogP contribution in [0.2, 0.25) is 0 Å². The zero-order valence-electron chi connectivity index (χ0n) is 14.3. The van der Waals surface area contributed by atoms with Crippen LogP contribution in [0.4, 0.5) is 0 Å². The molecule has 0 aromatic heterocycles. The Labute approximate surface area is 134 Å². The highest BCUT2D eigenvalue weighted by atomic mass is 16.3. The number of benzene rings is 1. The zero-order valence-corrected chi connectivity index (χ0v) is 14.3. The second kappa shape index (κ2) is 6.31. The van der Waals surface area contributed by atoms with E-state index < -0.39 is 0 Å². The average Bonchev–Trinajstić information content (AvgIpc) is 2.53. The Balaban J connectivity index is 1.74. The maximum atomic E-state index is 10.0. The summed E-state index contributed by atoms with van der Waals surface area (Å²) in [6.45, 7) is 9.19. The van der Waals surface area contributed by atoms with Crippen LogP contribution in [0.3, 0.4) is 0 Å². The predicted octanol–water partition coefficient (Wildman–Crippen LogP) is 2.58. The Bertz CT molecular complexity index is 530. The molecule has 2 saturated heterocycles. The molecule has 0 spiro atoms. The molecular weight excluding hydrogens is 272 g/mol. The minimum atomic E-state index is 0.144.